The Morgan fingerprint density at radius 1 is 1.62 bits per heavy atom. The van der Waals surface area contributed by atoms with Crippen molar-refractivity contribution in [2.45, 2.75) is 38.3 Å². The topological polar surface area (TPSA) is 75.0 Å². The van der Waals surface area contributed by atoms with E-state index in [1.54, 1.807) is 6.07 Å². The minimum absolute atomic E-state index is 0.0985. The van der Waals surface area contributed by atoms with Crippen LogP contribution in [0.4, 0.5) is 5.82 Å². The lowest BCUT2D eigenvalue weighted by atomic mass is 9.97. The van der Waals surface area contributed by atoms with Crippen molar-refractivity contribution in [3.8, 4) is 0 Å². The Morgan fingerprint density at radius 3 is 3.12 bits per heavy atom. The molecular formula is C11H18N4O. The summed E-state index contributed by atoms with van der Waals surface area (Å²) in [6.07, 6.45) is 4.86. The molecule has 88 valence electrons. The Balaban J connectivity index is 2.26. The molecule has 0 spiro atoms. The predicted octanol–water partition coefficient (Wildman–Crippen LogP) is 0.476. The van der Waals surface area contributed by atoms with E-state index in [-0.39, 0.29) is 11.6 Å². The van der Waals surface area contributed by atoms with Crippen molar-refractivity contribution >= 4 is 5.82 Å². The van der Waals surface area contributed by atoms with Gasteiger partial charge >= 0.3 is 0 Å². The maximum absolute atomic E-state index is 11.3. The lowest BCUT2D eigenvalue weighted by Crippen LogP contribution is -2.49. The molecule has 3 N–H and O–H groups in total. The highest BCUT2D eigenvalue weighted by atomic mass is 16.1. The Hall–Kier alpha value is -1.36. The molecule has 5 heteroatoms. The number of piperidine rings is 1. The molecule has 1 aliphatic heterocycles. The Labute approximate surface area is 94.7 Å². The van der Waals surface area contributed by atoms with E-state index in [0.29, 0.717) is 6.04 Å². The molecule has 0 amide bonds. The fourth-order valence-electron chi connectivity index (χ4n) is 2.30. The van der Waals surface area contributed by atoms with Crippen LogP contribution in [0.5, 0.6) is 0 Å². The summed E-state index contributed by atoms with van der Waals surface area (Å²) in [6, 6.07) is 1.94. The van der Waals surface area contributed by atoms with Gasteiger partial charge in [-0.15, -0.1) is 0 Å². The van der Waals surface area contributed by atoms with Crippen molar-refractivity contribution < 1.29 is 0 Å². The van der Waals surface area contributed by atoms with Crippen molar-refractivity contribution in [3.63, 3.8) is 0 Å². The second kappa shape index (κ2) is 4.65. The van der Waals surface area contributed by atoms with Crippen LogP contribution in [0, 0.1) is 0 Å². The first-order valence-electron chi connectivity index (χ1n) is 5.75. The van der Waals surface area contributed by atoms with Gasteiger partial charge < -0.3 is 15.6 Å². The molecule has 1 aromatic heterocycles. The third kappa shape index (κ3) is 2.24. The van der Waals surface area contributed by atoms with Crippen LogP contribution in [-0.2, 0) is 0 Å². The summed E-state index contributed by atoms with van der Waals surface area (Å²) < 4.78 is 0. The zero-order valence-corrected chi connectivity index (χ0v) is 9.52. The number of hydrogen-bond acceptors (Lipinski definition) is 4. The van der Waals surface area contributed by atoms with Crippen molar-refractivity contribution in [1.29, 1.82) is 0 Å². The normalized spacial score (nSPS) is 23.1. The number of rotatable bonds is 2. The summed E-state index contributed by atoms with van der Waals surface area (Å²) in [4.78, 5) is 20.2. The molecule has 5 nitrogen and oxygen atoms in total. The highest BCUT2D eigenvalue weighted by molar-refractivity contribution is 5.39. The number of aromatic amines is 1. The van der Waals surface area contributed by atoms with E-state index in [4.69, 9.17) is 5.73 Å². The van der Waals surface area contributed by atoms with Gasteiger partial charge in [-0.3, -0.25) is 4.79 Å². The molecule has 2 heterocycles. The number of nitrogens with one attached hydrogen (secondary N) is 1. The molecule has 1 aliphatic rings. The van der Waals surface area contributed by atoms with E-state index < -0.39 is 0 Å². The third-order valence-corrected chi connectivity index (χ3v) is 3.11. The molecule has 2 atom stereocenters. The Kier molecular flexibility index (Phi) is 3.24. The highest BCUT2D eigenvalue weighted by Crippen LogP contribution is 2.23. The second-order valence-electron chi connectivity index (χ2n) is 4.38. The first-order valence-corrected chi connectivity index (χ1v) is 5.75. The fraction of sp³-hybridized carbons (Fsp3) is 0.636. The minimum atomic E-state index is -0.112. The summed E-state index contributed by atoms with van der Waals surface area (Å²) in [6.45, 7) is 2.94. The molecule has 1 fully saturated rings. The lowest BCUT2D eigenvalue weighted by molar-refractivity contribution is 0.410. The second-order valence-corrected chi connectivity index (χ2v) is 4.38. The van der Waals surface area contributed by atoms with Crippen molar-refractivity contribution in [1.82, 2.24) is 9.97 Å². The molecular weight excluding hydrogens is 204 g/mol. The highest BCUT2D eigenvalue weighted by Gasteiger charge is 2.26. The molecule has 0 aliphatic carbocycles. The van der Waals surface area contributed by atoms with Crippen LogP contribution in [0.1, 0.15) is 26.2 Å². The standard InChI is InChI=1S/C11H18N4O/c1-8(12)9-4-2-3-5-15(9)10-6-11(16)14-7-13-10/h6-9H,2-5,12H2,1H3,(H,13,14,16). The van der Waals surface area contributed by atoms with Crippen LogP contribution < -0.4 is 16.2 Å². The van der Waals surface area contributed by atoms with E-state index in [9.17, 15) is 4.79 Å². The molecule has 16 heavy (non-hydrogen) atoms. The molecule has 1 aromatic rings. The van der Waals surface area contributed by atoms with E-state index in [1.165, 1.54) is 12.7 Å². The first kappa shape index (κ1) is 11.1. The zero-order valence-electron chi connectivity index (χ0n) is 9.52. The van der Waals surface area contributed by atoms with Crippen molar-refractivity contribution in [3.05, 3.63) is 22.7 Å². The summed E-state index contributed by atoms with van der Waals surface area (Å²) in [5.74, 6) is 0.741. The van der Waals surface area contributed by atoms with Gasteiger partial charge in [-0.25, -0.2) is 4.98 Å². The Morgan fingerprint density at radius 2 is 2.44 bits per heavy atom. The van der Waals surface area contributed by atoms with Crippen LogP contribution in [-0.4, -0.2) is 28.6 Å². The van der Waals surface area contributed by atoms with E-state index in [0.717, 1.165) is 25.2 Å². The average Bonchev–Trinajstić information content (AvgIpc) is 2.29. The minimum Gasteiger partial charge on any atom is -0.352 e. The largest absolute Gasteiger partial charge is 0.352 e. The van der Waals surface area contributed by atoms with Crippen LogP contribution in [0.2, 0.25) is 0 Å². The SMILES string of the molecule is CC(N)C1CCCCN1c1cc(=O)[nH]cn1. The number of H-pyrrole nitrogens is 1. The van der Waals surface area contributed by atoms with Gasteiger partial charge in [0.25, 0.3) is 5.56 Å². The van der Waals surface area contributed by atoms with Crippen molar-refractivity contribution in [2.24, 2.45) is 5.73 Å². The monoisotopic (exact) mass is 222 g/mol. The maximum Gasteiger partial charge on any atom is 0.252 e. The number of hydrogen-bond donors (Lipinski definition) is 2. The lowest BCUT2D eigenvalue weighted by Gasteiger charge is -2.38. The van der Waals surface area contributed by atoms with Crippen molar-refractivity contribution in [2.75, 3.05) is 11.4 Å². The summed E-state index contributed by atoms with van der Waals surface area (Å²) in [5.41, 5.74) is 5.87. The first-order chi connectivity index (χ1) is 7.68. The molecule has 1 saturated heterocycles. The molecule has 0 saturated carbocycles. The molecule has 0 bridgehead atoms. The van der Waals surface area contributed by atoms with Gasteiger partial charge in [0.15, 0.2) is 0 Å². The van der Waals surface area contributed by atoms with Gasteiger partial charge in [0, 0.05) is 24.7 Å². The molecule has 0 aromatic carbocycles. The molecule has 0 radical (unpaired) electrons. The van der Waals surface area contributed by atoms with Gasteiger partial charge in [0.2, 0.25) is 0 Å². The molecule has 2 unspecified atom stereocenters. The zero-order chi connectivity index (χ0) is 11.5. The number of anilines is 1. The van der Waals surface area contributed by atoms with Gasteiger partial charge in [0.1, 0.15) is 5.82 Å². The third-order valence-electron chi connectivity index (χ3n) is 3.11. The molecule has 2 rings (SSSR count). The smallest absolute Gasteiger partial charge is 0.252 e. The van der Waals surface area contributed by atoms with Crippen LogP contribution >= 0.6 is 0 Å². The van der Waals surface area contributed by atoms with Crippen LogP contribution in [0.3, 0.4) is 0 Å². The van der Waals surface area contributed by atoms with E-state index in [1.807, 2.05) is 6.92 Å². The average molecular weight is 222 g/mol. The predicted molar refractivity (Wildman–Crippen MR) is 63.5 cm³/mol. The van der Waals surface area contributed by atoms with Gasteiger partial charge in [0.05, 0.1) is 6.33 Å². The van der Waals surface area contributed by atoms with Crippen LogP contribution in [0.25, 0.3) is 0 Å². The van der Waals surface area contributed by atoms with Gasteiger partial charge in [-0.1, -0.05) is 0 Å². The Bertz CT molecular complexity index is 401. The summed E-state index contributed by atoms with van der Waals surface area (Å²) in [7, 11) is 0. The number of aromatic nitrogens is 2. The number of nitrogens with zero attached hydrogens (tertiary/aromatic N) is 2. The van der Waals surface area contributed by atoms with E-state index in [2.05, 4.69) is 14.9 Å². The summed E-state index contributed by atoms with van der Waals surface area (Å²) >= 11 is 0. The maximum atomic E-state index is 11.3. The van der Waals surface area contributed by atoms with Crippen LogP contribution in [0.15, 0.2) is 17.2 Å². The quantitative estimate of drug-likeness (QED) is 0.763. The fourth-order valence-corrected chi connectivity index (χ4v) is 2.30. The summed E-state index contributed by atoms with van der Waals surface area (Å²) in [5, 5.41) is 0. The van der Waals surface area contributed by atoms with E-state index >= 15 is 0 Å². The van der Waals surface area contributed by atoms with Gasteiger partial charge in [-0.2, -0.15) is 0 Å². The van der Waals surface area contributed by atoms with Gasteiger partial charge in [-0.05, 0) is 26.2 Å². The number of nitrogens with two attached hydrogens (primary N) is 1.